The van der Waals surface area contributed by atoms with Gasteiger partial charge in [0.2, 0.25) is 0 Å². The molecule has 1 aromatic heterocycles. The number of unbranched alkanes of at least 4 members (excludes halogenated alkanes) is 1. The van der Waals surface area contributed by atoms with Crippen molar-refractivity contribution in [1.29, 1.82) is 0 Å². The third kappa shape index (κ3) is 7.90. The molecule has 4 nitrogen and oxygen atoms in total. The molecule has 0 unspecified atom stereocenters. The van der Waals surface area contributed by atoms with E-state index in [0.29, 0.717) is 25.5 Å². The first kappa shape index (κ1) is 21.1. The van der Waals surface area contributed by atoms with Crippen molar-refractivity contribution >= 4 is 29.9 Å². The predicted octanol–water partition coefficient (Wildman–Crippen LogP) is 3.38. The Labute approximate surface area is 146 Å². The minimum Gasteiger partial charge on any atom is -0.356 e. The number of hydrogen-bond acceptors (Lipinski definition) is 1. The Bertz CT molecular complexity index is 457. The van der Waals surface area contributed by atoms with Crippen molar-refractivity contribution < 1.29 is 13.2 Å². The molecule has 0 saturated heterocycles. The van der Waals surface area contributed by atoms with Gasteiger partial charge in [0.25, 0.3) is 0 Å². The monoisotopic (exact) mass is 432 g/mol. The summed E-state index contributed by atoms with van der Waals surface area (Å²) in [5, 5.41) is 3.09. The van der Waals surface area contributed by atoms with Gasteiger partial charge in [0.05, 0.1) is 6.54 Å². The molecule has 128 valence electrons. The fourth-order valence-electron chi connectivity index (χ4n) is 2.01. The molecule has 0 aromatic carbocycles. The second kappa shape index (κ2) is 9.96. The van der Waals surface area contributed by atoms with E-state index in [-0.39, 0.29) is 30.4 Å². The Morgan fingerprint density at radius 1 is 1.36 bits per heavy atom. The van der Waals surface area contributed by atoms with E-state index in [9.17, 15) is 13.2 Å². The third-order valence-corrected chi connectivity index (χ3v) is 3.19. The quantitative estimate of drug-likeness (QED) is 0.324. The fraction of sp³-hybridized carbons (Fsp3) is 0.643. The van der Waals surface area contributed by atoms with Crippen LogP contribution >= 0.6 is 24.0 Å². The largest absolute Gasteiger partial charge is 0.389 e. The lowest BCUT2D eigenvalue weighted by Gasteiger charge is -2.22. The van der Waals surface area contributed by atoms with E-state index in [1.54, 1.807) is 7.05 Å². The van der Waals surface area contributed by atoms with Gasteiger partial charge in [-0.1, -0.05) is 0 Å². The molecule has 1 aromatic rings. The summed E-state index contributed by atoms with van der Waals surface area (Å²) in [5.74, 6) is 0.684. The smallest absolute Gasteiger partial charge is 0.356 e. The minimum atomic E-state index is -4.06. The number of nitrogens with zero attached hydrogens (tertiary/aromatic N) is 3. The van der Waals surface area contributed by atoms with Gasteiger partial charge in [-0.05, 0) is 25.0 Å². The van der Waals surface area contributed by atoms with Crippen molar-refractivity contribution in [2.24, 2.45) is 12.0 Å². The average molecular weight is 432 g/mol. The van der Waals surface area contributed by atoms with E-state index in [1.807, 2.05) is 41.9 Å². The highest BCUT2D eigenvalue weighted by Gasteiger charge is 2.25. The van der Waals surface area contributed by atoms with Crippen LogP contribution in [-0.4, -0.2) is 42.2 Å². The second-order valence-electron chi connectivity index (χ2n) is 5.01. The zero-order valence-electron chi connectivity index (χ0n) is 13.2. The maximum atomic E-state index is 12.0. The molecular formula is C14H24F3IN4. The van der Waals surface area contributed by atoms with Crippen molar-refractivity contribution in [1.82, 2.24) is 14.8 Å². The van der Waals surface area contributed by atoms with Gasteiger partial charge in [-0.3, -0.25) is 4.99 Å². The second-order valence-corrected chi connectivity index (χ2v) is 5.01. The number of aromatic nitrogens is 1. The number of rotatable bonds is 6. The molecule has 0 aliphatic heterocycles. The molecule has 1 rings (SSSR count). The molecule has 0 aliphatic carbocycles. The summed E-state index contributed by atoms with van der Waals surface area (Å²) in [7, 11) is 5.54. The third-order valence-electron chi connectivity index (χ3n) is 3.19. The molecule has 0 spiro atoms. The lowest BCUT2D eigenvalue weighted by Crippen LogP contribution is -2.39. The number of nitrogens with one attached hydrogen (secondary N) is 1. The lowest BCUT2D eigenvalue weighted by atomic mass is 10.2. The first-order chi connectivity index (χ1) is 9.83. The Kier molecular flexibility index (Phi) is 9.54. The number of alkyl halides is 3. The molecular weight excluding hydrogens is 408 g/mol. The topological polar surface area (TPSA) is 32.6 Å². The summed E-state index contributed by atoms with van der Waals surface area (Å²) in [4.78, 5) is 6.09. The highest BCUT2D eigenvalue weighted by atomic mass is 127. The van der Waals surface area contributed by atoms with Crippen LogP contribution in [-0.2, 0) is 13.6 Å². The maximum Gasteiger partial charge on any atom is 0.389 e. The van der Waals surface area contributed by atoms with E-state index < -0.39 is 12.6 Å². The standard InChI is InChI=1S/C14H23F3N4.HI/c1-18-13(19-9-5-4-8-14(15,16)17)21(3)11-12-7-6-10-20(12)2;/h6-7,10H,4-5,8-9,11H2,1-3H3,(H,18,19);1H. The van der Waals surface area contributed by atoms with Gasteiger partial charge in [0.1, 0.15) is 0 Å². The van der Waals surface area contributed by atoms with Crippen molar-refractivity contribution in [3.05, 3.63) is 24.0 Å². The van der Waals surface area contributed by atoms with Crippen molar-refractivity contribution in [3.63, 3.8) is 0 Å². The van der Waals surface area contributed by atoms with Gasteiger partial charge in [-0.15, -0.1) is 24.0 Å². The molecule has 1 N–H and O–H groups in total. The van der Waals surface area contributed by atoms with Crippen LogP contribution in [0.1, 0.15) is 25.0 Å². The van der Waals surface area contributed by atoms with E-state index in [4.69, 9.17) is 0 Å². The van der Waals surface area contributed by atoms with Crippen LogP contribution in [0.5, 0.6) is 0 Å². The Balaban J connectivity index is 0.00000441. The number of guanidine groups is 1. The first-order valence-electron chi connectivity index (χ1n) is 6.92. The molecule has 0 amide bonds. The molecule has 0 fully saturated rings. The van der Waals surface area contributed by atoms with Crippen molar-refractivity contribution in [2.45, 2.75) is 32.0 Å². The molecule has 0 aliphatic rings. The molecule has 22 heavy (non-hydrogen) atoms. The Hall–Kier alpha value is -0.930. The predicted molar refractivity (Wildman–Crippen MR) is 93.6 cm³/mol. The van der Waals surface area contributed by atoms with Crippen LogP contribution < -0.4 is 5.32 Å². The van der Waals surface area contributed by atoms with E-state index >= 15 is 0 Å². The van der Waals surface area contributed by atoms with Gasteiger partial charge >= 0.3 is 6.18 Å². The SMILES string of the molecule is CN=C(NCCCCC(F)(F)F)N(C)Cc1cccn1C.I. The lowest BCUT2D eigenvalue weighted by molar-refractivity contribution is -0.135. The maximum absolute atomic E-state index is 12.0. The van der Waals surface area contributed by atoms with Gasteiger partial charge in [-0.25, -0.2) is 0 Å². The number of hydrogen-bond donors (Lipinski definition) is 1. The summed E-state index contributed by atoms with van der Waals surface area (Å²) < 4.78 is 38.1. The average Bonchev–Trinajstić information content (AvgIpc) is 2.78. The van der Waals surface area contributed by atoms with Gasteiger partial charge in [0, 0.05) is 46.0 Å². The molecule has 8 heteroatoms. The fourth-order valence-corrected chi connectivity index (χ4v) is 2.01. The minimum absolute atomic E-state index is 0. The van der Waals surface area contributed by atoms with Crippen LogP contribution in [0.4, 0.5) is 13.2 Å². The summed E-state index contributed by atoms with van der Waals surface area (Å²) in [6, 6.07) is 3.99. The van der Waals surface area contributed by atoms with E-state index in [0.717, 1.165) is 5.69 Å². The molecule has 0 bridgehead atoms. The van der Waals surface area contributed by atoms with Gasteiger partial charge in [0.15, 0.2) is 5.96 Å². The summed E-state index contributed by atoms with van der Waals surface area (Å²) in [5.41, 5.74) is 1.14. The summed E-state index contributed by atoms with van der Waals surface area (Å²) in [6.45, 7) is 1.17. The van der Waals surface area contributed by atoms with Gasteiger partial charge in [-0.2, -0.15) is 13.2 Å². The number of halogens is 4. The van der Waals surface area contributed by atoms with E-state index in [1.165, 1.54) is 0 Å². The zero-order valence-corrected chi connectivity index (χ0v) is 15.5. The van der Waals surface area contributed by atoms with Crippen LogP contribution in [0.15, 0.2) is 23.3 Å². The summed E-state index contributed by atoms with van der Waals surface area (Å²) >= 11 is 0. The molecule has 1 heterocycles. The normalized spacial score (nSPS) is 12.0. The molecule has 0 saturated carbocycles. The number of aryl methyl sites for hydroxylation is 1. The van der Waals surface area contributed by atoms with Crippen LogP contribution in [0.2, 0.25) is 0 Å². The highest BCUT2D eigenvalue weighted by Crippen LogP contribution is 2.21. The molecule has 0 radical (unpaired) electrons. The Morgan fingerprint density at radius 2 is 2.05 bits per heavy atom. The van der Waals surface area contributed by atoms with Gasteiger partial charge < -0.3 is 14.8 Å². The molecule has 0 atom stereocenters. The number of aliphatic imine (C=N–C) groups is 1. The Morgan fingerprint density at radius 3 is 2.55 bits per heavy atom. The first-order valence-corrected chi connectivity index (χ1v) is 6.92. The van der Waals surface area contributed by atoms with Crippen molar-refractivity contribution in [3.8, 4) is 0 Å². The van der Waals surface area contributed by atoms with Crippen LogP contribution in [0.25, 0.3) is 0 Å². The highest BCUT2D eigenvalue weighted by molar-refractivity contribution is 14.0. The van der Waals surface area contributed by atoms with Crippen molar-refractivity contribution in [2.75, 3.05) is 20.6 Å². The van der Waals surface area contributed by atoms with Crippen LogP contribution in [0.3, 0.4) is 0 Å². The zero-order chi connectivity index (χ0) is 15.9. The van der Waals surface area contributed by atoms with E-state index in [2.05, 4.69) is 10.3 Å². The summed E-state index contributed by atoms with van der Waals surface area (Å²) in [6.07, 6.45) is -2.22. The van der Waals surface area contributed by atoms with Crippen LogP contribution in [0, 0.1) is 0 Å².